The highest BCUT2D eigenvalue weighted by molar-refractivity contribution is 6.14. The molecule has 5 heteroatoms. The van der Waals surface area contributed by atoms with Crippen LogP contribution >= 0.6 is 0 Å². The maximum Gasteiger partial charge on any atom is 0.164 e. The van der Waals surface area contributed by atoms with E-state index in [0.29, 0.717) is 23.4 Å². The first-order valence-corrected chi connectivity index (χ1v) is 21.2. The topological polar surface area (TPSA) is 48.5 Å². The van der Waals surface area contributed by atoms with E-state index in [2.05, 4.69) is 179 Å². The largest absolute Gasteiger partial charge is 0.309 e. The Balaban J connectivity index is 1.10. The quantitative estimate of drug-likeness (QED) is 0.179. The second kappa shape index (κ2) is 12.1. The van der Waals surface area contributed by atoms with Crippen LogP contribution in [-0.4, -0.2) is 24.1 Å². The van der Waals surface area contributed by atoms with Crippen LogP contribution in [0, 0.1) is 6.92 Å². The van der Waals surface area contributed by atoms with Gasteiger partial charge < -0.3 is 9.13 Å². The standard InChI is InChI=1S/C55H45N5/c1-31(2)36-18-13-22-42-48(36)60-47-32(3)28-35(30-40(47)38-20-15-24-44(50(38)60)55(42,6)7)53-57-51(33-16-9-8-10-17-33)56-52(58-53)34-26-27-45-39(29-34)37-19-14-23-43-49(37)59(45)46-25-12-11-21-41(46)54(43,4)5/h8-31H,1-7H3. The number of hydrogen-bond donors (Lipinski definition) is 0. The van der Waals surface area contributed by atoms with Crippen molar-refractivity contribution < 1.29 is 0 Å². The van der Waals surface area contributed by atoms with Crippen LogP contribution < -0.4 is 0 Å². The molecule has 2 aliphatic rings. The van der Waals surface area contributed by atoms with Crippen molar-refractivity contribution in [2.75, 3.05) is 0 Å². The summed E-state index contributed by atoms with van der Waals surface area (Å²) in [4.78, 5) is 15.8. The van der Waals surface area contributed by atoms with Gasteiger partial charge in [0, 0.05) is 49.1 Å². The summed E-state index contributed by atoms with van der Waals surface area (Å²) in [6.45, 7) is 16.3. The van der Waals surface area contributed by atoms with Crippen LogP contribution in [0.3, 0.4) is 0 Å². The third-order valence-electron chi connectivity index (χ3n) is 13.8. The fraction of sp³-hybridized carbons (Fsp3) is 0.182. The van der Waals surface area contributed by atoms with Crippen molar-refractivity contribution >= 4 is 43.6 Å². The van der Waals surface area contributed by atoms with Crippen LogP contribution in [0.15, 0.2) is 140 Å². The lowest BCUT2D eigenvalue weighted by molar-refractivity contribution is 0.626. The Morgan fingerprint density at radius 1 is 0.450 bits per heavy atom. The first-order chi connectivity index (χ1) is 29.0. The molecule has 0 saturated carbocycles. The van der Waals surface area contributed by atoms with Crippen molar-refractivity contribution in [3.63, 3.8) is 0 Å². The normalized spacial score (nSPS) is 14.7. The monoisotopic (exact) mass is 775 g/mol. The summed E-state index contributed by atoms with van der Waals surface area (Å²) in [6.07, 6.45) is 0. The molecule has 0 fully saturated rings. The maximum atomic E-state index is 5.35. The molecule has 2 aliphatic heterocycles. The SMILES string of the molecule is Cc1cc(-c2nc(-c3ccccc3)nc(-c3ccc4c(c3)c3cccc5c3n4-c3ccccc3C5(C)C)n2)cc2c3cccc4c3n(c12)-c1c(C(C)C)cccc1C4(C)C. The first-order valence-electron chi connectivity index (χ1n) is 21.2. The number of aryl methyl sites for hydroxylation is 1. The van der Waals surface area contributed by atoms with Gasteiger partial charge in [0.2, 0.25) is 0 Å². The van der Waals surface area contributed by atoms with Crippen LogP contribution in [0.2, 0.25) is 0 Å². The Kier molecular flexibility index (Phi) is 7.09. The Morgan fingerprint density at radius 3 is 1.75 bits per heavy atom. The molecule has 0 N–H and O–H groups in total. The maximum absolute atomic E-state index is 5.35. The van der Waals surface area contributed by atoms with E-state index in [1.807, 2.05) is 18.2 Å². The number of rotatable bonds is 4. The van der Waals surface area contributed by atoms with E-state index in [0.717, 1.165) is 16.7 Å². The number of benzene rings is 7. The van der Waals surface area contributed by atoms with Gasteiger partial charge in [-0.1, -0.05) is 145 Å². The van der Waals surface area contributed by atoms with Crippen molar-refractivity contribution in [3.8, 4) is 45.5 Å². The Bertz CT molecular complexity index is 3470. The van der Waals surface area contributed by atoms with E-state index in [1.54, 1.807) is 0 Å². The third kappa shape index (κ3) is 4.60. The van der Waals surface area contributed by atoms with Gasteiger partial charge in [0.1, 0.15) is 0 Å². The fourth-order valence-corrected chi connectivity index (χ4v) is 10.8. The number of aromatic nitrogens is 5. The molecule has 10 aromatic rings. The molecule has 3 aromatic heterocycles. The predicted molar refractivity (Wildman–Crippen MR) is 248 cm³/mol. The summed E-state index contributed by atoms with van der Waals surface area (Å²) in [5.41, 5.74) is 18.1. The number of nitrogens with zero attached hydrogens (tertiary/aromatic N) is 5. The van der Waals surface area contributed by atoms with Crippen LogP contribution in [0.4, 0.5) is 0 Å². The van der Waals surface area contributed by atoms with Crippen molar-refractivity contribution in [2.24, 2.45) is 0 Å². The van der Waals surface area contributed by atoms with Gasteiger partial charge in [0.15, 0.2) is 17.5 Å². The summed E-state index contributed by atoms with van der Waals surface area (Å²) >= 11 is 0. The molecular weight excluding hydrogens is 731 g/mol. The molecule has 60 heavy (non-hydrogen) atoms. The Hall–Kier alpha value is -6.85. The molecule has 0 spiro atoms. The summed E-state index contributed by atoms with van der Waals surface area (Å²) in [7, 11) is 0. The lowest BCUT2D eigenvalue weighted by atomic mass is 9.73. The van der Waals surface area contributed by atoms with E-state index < -0.39 is 0 Å². The van der Waals surface area contributed by atoms with E-state index in [4.69, 9.17) is 15.0 Å². The predicted octanol–water partition coefficient (Wildman–Crippen LogP) is 13.8. The highest BCUT2D eigenvalue weighted by Crippen LogP contribution is 2.51. The zero-order chi connectivity index (χ0) is 40.8. The zero-order valence-electron chi connectivity index (χ0n) is 35.1. The number of hydrogen-bond acceptors (Lipinski definition) is 3. The molecule has 7 aromatic carbocycles. The van der Waals surface area contributed by atoms with Gasteiger partial charge in [-0.15, -0.1) is 0 Å². The molecule has 0 bridgehead atoms. The van der Waals surface area contributed by atoms with E-state index in [-0.39, 0.29) is 10.8 Å². The minimum Gasteiger partial charge on any atom is -0.309 e. The van der Waals surface area contributed by atoms with Gasteiger partial charge in [0.05, 0.1) is 33.4 Å². The van der Waals surface area contributed by atoms with E-state index in [9.17, 15) is 0 Å². The summed E-state index contributed by atoms with van der Waals surface area (Å²) < 4.78 is 5.02. The molecule has 12 rings (SSSR count). The van der Waals surface area contributed by atoms with Crippen molar-refractivity contribution in [1.29, 1.82) is 0 Å². The molecule has 0 atom stereocenters. The molecular formula is C55H45N5. The molecule has 0 aliphatic carbocycles. The molecule has 0 radical (unpaired) electrons. The zero-order valence-corrected chi connectivity index (χ0v) is 35.1. The van der Waals surface area contributed by atoms with Gasteiger partial charge >= 0.3 is 0 Å². The van der Waals surface area contributed by atoms with Gasteiger partial charge in [-0.05, 0) is 82.6 Å². The summed E-state index contributed by atoms with van der Waals surface area (Å²) in [5.74, 6) is 2.36. The molecule has 5 nitrogen and oxygen atoms in total. The molecule has 0 saturated heterocycles. The lowest BCUT2D eigenvalue weighted by Gasteiger charge is -2.36. The highest BCUT2D eigenvalue weighted by atomic mass is 15.0. The highest BCUT2D eigenvalue weighted by Gasteiger charge is 2.38. The second-order valence-electron chi connectivity index (χ2n) is 18.3. The fourth-order valence-electron chi connectivity index (χ4n) is 10.8. The summed E-state index contributed by atoms with van der Waals surface area (Å²) in [6, 6.07) is 51.0. The minimum absolute atomic E-state index is 0.127. The smallest absolute Gasteiger partial charge is 0.164 e. The van der Waals surface area contributed by atoms with Crippen molar-refractivity contribution in [2.45, 2.75) is 65.2 Å². The summed E-state index contributed by atoms with van der Waals surface area (Å²) in [5, 5.41) is 4.90. The Labute approximate surface area is 350 Å². The molecule has 0 unspecified atom stereocenters. The number of para-hydroxylation sites is 4. The molecule has 290 valence electrons. The number of fused-ring (bicyclic) bond motifs is 10. The van der Waals surface area contributed by atoms with E-state index >= 15 is 0 Å². The average Bonchev–Trinajstić information content (AvgIpc) is 3.78. The van der Waals surface area contributed by atoms with Crippen LogP contribution in [0.25, 0.3) is 89.2 Å². The second-order valence-corrected chi connectivity index (χ2v) is 18.3. The third-order valence-corrected chi connectivity index (χ3v) is 13.8. The van der Waals surface area contributed by atoms with Crippen LogP contribution in [0.1, 0.15) is 80.8 Å². The minimum atomic E-state index is -0.152. The molecule has 5 heterocycles. The van der Waals surface area contributed by atoms with Crippen molar-refractivity contribution in [3.05, 3.63) is 173 Å². The average molecular weight is 776 g/mol. The lowest BCUT2D eigenvalue weighted by Crippen LogP contribution is -2.27. The van der Waals surface area contributed by atoms with Gasteiger partial charge in [-0.25, -0.2) is 15.0 Å². The van der Waals surface area contributed by atoms with Crippen LogP contribution in [0.5, 0.6) is 0 Å². The Morgan fingerprint density at radius 2 is 1.02 bits per heavy atom. The van der Waals surface area contributed by atoms with Gasteiger partial charge in [-0.3, -0.25) is 0 Å². The van der Waals surface area contributed by atoms with Gasteiger partial charge in [-0.2, -0.15) is 0 Å². The first kappa shape index (κ1) is 35.1. The van der Waals surface area contributed by atoms with Gasteiger partial charge in [0.25, 0.3) is 0 Å². The van der Waals surface area contributed by atoms with Crippen LogP contribution in [-0.2, 0) is 10.8 Å². The van der Waals surface area contributed by atoms with Crippen molar-refractivity contribution in [1.82, 2.24) is 24.1 Å². The van der Waals surface area contributed by atoms with E-state index in [1.165, 1.54) is 88.4 Å². The molecule has 0 amide bonds.